The van der Waals surface area contributed by atoms with Crippen molar-refractivity contribution < 1.29 is 0 Å². The summed E-state index contributed by atoms with van der Waals surface area (Å²) >= 11 is 0. The molecule has 0 radical (unpaired) electrons. The van der Waals surface area contributed by atoms with Crippen LogP contribution in [0.5, 0.6) is 0 Å². The van der Waals surface area contributed by atoms with Gasteiger partial charge >= 0.3 is 0 Å². The molecule has 2 aromatic carbocycles. The van der Waals surface area contributed by atoms with Crippen molar-refractivity contribution in [2.45, 2.75) is 0 Å². The summed E-state index contributed by atoms with van der Waals surface area (Å²) in [5.74, 6) is 0. The van der Waals surface area contributed by atoms with Crippen LogP contribution in [0.1, 0.15) is 0 Å². The average Bonchev–Trinajstić information content (AvgIpc) is 2.49. The van der Waals surface area contributed by atoms with Gasteiger partial charge in [0.2, 0.25) is 0 Å². The molecule has 0 saturated heterocycles. The van der Waals surface area contributed by atoms with E-state index in [2.05, 4.69) is 35.7 Å². The summed E-state index contributed by atoms with van der Waals surface area (Å²) in [6.07, 6.45) is 9.68. The first-order valence-electron chi connectivity index (χ1n) is 6.27. The van der Waals surface area contributed by atoms with Crippen molar-refractivity contribution in [3.63, 3.8) is 0 Å². The molecule has 2 rings (SSSR count). The van der Waals surface area contributed by atoms with Gasteiger partial charge in [0, 0.05) is 17.6 Å². The van der Waals surface area contributed by atoms with E-state index in [-0.39, 0.29) is 0 Å². The van der Waals surface area contributed by atoms with Gasteiger partial charge in [-0.1, -0.05) is 61.2 Å². The van der Waals surface area contributed by atoms with Crippen LogP contribution in [0.15, 0.2) is 97.7 Å². The third-order valence-electron chi connectivity index (χ3n) is 2.66. The zero-order valence-electron chi connectivity index (χ0n) is 10.8. The minimum atomic E-state index is 1.14. The summed E-state index contributed by atoms with van der Waals surface area (Å²) in [5, 5.41) is 0. The molecule has 94 valence electrons. The number of allylic oxidation sites excluding steroid dienone is 4. The molecule has 0 unspecified atom stereocenters. The van der Waals surface area contributed by atoms with Gasteiger partial charge < -0.3 is 4.90 Å². The van der Waals surface area contributed by atoms with Gasteiger partial charge in [-0.15, -0.1) is 0 Å². The summed E-state index contributed by atoms with van der Waals surface area (Å²) < 4.78 is 0. The summed E-state index contributed by atoms with van der Waals surface area (Å²) in [4.78, 5) is 2.15. The van der Waals surface area contributed by atoms with E-state index in [1.165, 1.54) is 0 Å². The summed E-state index contributed by atoms with van der Waals surface area (Å²) in [7, 11) is 0. The number of hydrogen-bond acceptors (Lipinski definition) is 1. The van der Waals surface area contributed by atoms with Gasteiger partial charge in [0.1, 0.15) is 0 Å². The Labute approximate surface area is 114 Å². The molecule has 1 nitrogen and oxygen atoms in total. The average molecular weight is 247 g/mol. The molecule has 0 N–H and O–H groups in total. The lowest BCUT2D eigenvalue weighted by Gasteiger charge is -2.20. The predicted octanol–water partition coefficient (Wildman–Crippen LogP) is 5.08. The smallest absolute Gasteiger partial charge is 0.0455 e. The van der Waals surface area contributed by atoms with Crippen LogP contribution < -0.4 is 4.90 Å². The Morgan fingerprint density at radius 3 is 1.68 bits per heavy atom. The number of rotatable bonds is 5. The van der Waals surface area contributed by atoms with Crippen molar-refractivity contribution in [1.29, 1.82) is 0 Å². The summed E-state index contributed by atoms with van der Waals surface area (Å²) in [5.41, 5.74) is 2.27. The molecule has 0 aliphatic heterocycles. The second kappa shape index (κ2) is 7.02. The van der Waals surface area contributed by atoms with Crippen LogP contribution in [-0.4, -0.2) is 0 Å². The van der Waals surface area contributed by atoms with Gasteiger partial charge in [0.15, 0.2) is 0 Å². The van der Waals surface area contributed by atoms with Crippen LogP contribution in [0.4, 0.5) is 11.4 Å². The molecule has 19 heavy (non-hydrogen) atoms. The van der Waals surface area contributed by atoms with Crippen LogP contribution in [0.3, 0.4) is 0 Å². The molecule has 0 atom stereocenters. The molecule has 0 aromatic heterocycles. The Morgan fingerprint density at radius 2 is 1.21 bits per heavy atom. The van der Waals surface area contributed by atoms with Crippen LogP contribution in [0.25, 0.3) is 0 Å². The van der Waals surface area contributed by atoms with Crippen LogP contribution in [-0.2, 0) is 0 Å². The molecule has 2 aromatic rings. The minimum Gasteiger partial charge on any atom is -0.317 e. The summed E-state index contributed by atoms with van der Waals surface area (Å²) in [6.45, 7) is 3.66. The number of benzene rings is 2. The van der Waals surface area contributed by atoms with E-state index in [4.69, 9.17) is 0 Å². The predicted molar refractivity (Wildman–Crippen MR) is 83.5 cm³/mol. The maximum Gasteiger partial charge on any atom is 0.0455 e. The van der Waals surface area contributed by atoms with E-state index in [0.717, 1.165) is 11.4 Å². The fourth-order valence-electron chi connectivity index (χ4n) is 1.78. The Kier molecular flexibility index (Phi) is 4.77. The highest BCUT2D eigenvalue weighted by Crippen LogP contribution is 2.25. The van der Waals surface area contributed by atoms with Gasteiger partial charge in [0.25, 0.3) is 0 Å². The van der Waals surface area contributed by atoms with Crippen LogP contribution >= 0.6 is 0 Å². The molecule has 0 fully saturated rings. The van der Waals surface area contributed by atoms with E-state index in [9.17, 15) is 0 Å². The quantitative estimate of drug-likeness (QED) is 0.666. The zero-order chi connectivity index (χ0) is 13.3. The first-order chi connectivity index (χ1) is 9.42. The van der Waals surface area contributed by atoms with Gasteiger partial charge in [0.05, 0.1) is 0 Å². The molecule has 0 saturated carbocycles. The maximum atomic E-state index is 3.66. The van der Waals surface area contributed by atoms with E-state index >= 15 is 0 Å². The van der Waals surface area contributed by atoms with Crippen LogP contribution in [0, 0.1) is 0 Å². The fourth-order valence-corrected chi connectivity index (χ4v) is 1.78. The van der Waals surface area contributed by atoms with Crippen LogP contribution in [0.2, 0.25) is 0 Å². The summed E-state index contributed by atoms with van der Waals surface area (Å²) in [6, 6.07) is 20.6. The molecule has 0 spiro atoms. The maximum absolute atomic E-state index is 3.66. The monoisotopic (exact) mass is 247 g/mol. The second-order valence-electron chi connectivity index (χ2n) is 4.00. The lowest BCUT2D eigenvalue weighted by atomic mass is 10.2. The van der Waals surface area contributed by atoms with Crippen molar-refractivity contribution in [1.82, 2.24) is 0 Å². The van der Waals surface area contributed by atoms with Gasteiger partial charge in [-0.3, -0.25) is 0 Å². The largest absolute Gasteiger partial charge is 0.317 e. The molecular weight excluding hydrogens is 230 g/mol. The Bertz CT molecular complexity index is 513. The van der Waals surface area contributed by atoms with Crippen molar-refractivity contribution in [2.24, 2.45) is 0 Å². The topological polar surface area (TPSA) is 3.24 Å². The third kappa shape index (κ3) is 3.71. The number of para-hydroxylation sites is 2. The molecule has 0 aliphatic rings. The third-order valence-corrected chi connectivity index (χ3v) is 2.66. The van der Waals surface area contributed by atoms with Crippen molar-refractivity contribution in [3.8, 4) is 0 Å². The van der Waals surface area contributed by atoms with E-state index < -0.39 is 0 Å². The molecule has 1 heteroatoms. The van der Waals surface area contributed by atoms with Crippen molar-refractivity contribution in [3.05, 3.63) is 97.7 Å². The van der Waals surface area contributed by atoms with Crippen molar-refractivity contribution in [2.75, 3.05) is 4.90 Å². The van der Waals surface area contributed by atoms with Gasteiger partial charge in [-0.25, -0.2) is 0 Å². The highest BCUT2D eigenvalue weighted by molar-refractivity contribution is 5.65. The lowest BCUT2D eigenvalue weighted by Crippen LogP contribution is -2.07. The Hall–Kier alpha value is -2.54. The zero-order valence-corrected chi connectivity index (χ0v) is 10.8. The fraction of sp³-hybridized carbons (Fsp3) is 0. The first-order valence-corrected chi connectivity index (χ1v) is 6.27. The van der Waals surface area contributed by atoms with E-state index in [1.54, 1.807) is 6.08 Å². The van der Waals surface area contributed by atoms with Crippen molar-refractivity contribution >= 4 is 11.4 Å². The molecule has 0 bridgehead atoms. The normalized spacial score (nSPS) is 10.9. The molecule has 0 amide bonds. The lowest BCUT2D eigenvalue weighted by molar-refractivity contribution is 1.28. The molecule has 0 heterocycles. The van der Waals surface area contributed by atoms with E-state index in [1.807, 2.05) is 60.8 Å². The van der Waals surface area contributed by atoms with Gasteiger partial charge in [-0.05, 0) is 30.3 Å². The Morgan fingerprint density at radius 1 is 0.684 bits per heavy atom. The Balaban J connectivity index is 2.31. The molecule has 0 aliphatic carbocycles. The second-order valence-corrected chi connectivity index (χ2v) is 4.00. The van der Waals surface area contributed by atoms with Gasteiger partial charge in [-0.2, -0.15) is 0 Å². The highest BCUT2D eigenvalue weighted by Gasteiger charge is 2.03. The molecular formula is C18H17N. The highest BCUT2D eigenvalue weighted by atomic mass is 15.1. The number of hydrogen-bond donors (Lipinski definition) is 0. The first kappa shape index (κ1) is 12.9. The SMILES string of the molecule is C=C/C=C\C=C/N(c1ccccc1)c1ccccc1. The van der Waals surface area contributed by atoms with E-state index in [0.29, 0.717) is 0 Å². The number of nitrogens with zero attached hydrogens (tertiary/aromatic N) is 1. The standard InChI is InChI=1S/C18H17N/c1-2-3-4-11-16-19(17-12-7-5-8-13-17)18-14-9-6-10-15-18/h2-16H,1H2/b4-3-,16-11-. The number of anilines is 2. The minimum absolute atomic E-state index is 1.14.